The summed E-state index contributed by atoms with van der Waals surface area (Å²) in [6.45, 7) is 1.97. The summed E-state index contributed by atoms with van der Waals surface area (Å²) < 4.78 is 14.0. The van der Waals surface area contributed by atoms with Crippen molar-refractivity contribution in [1.29, 1.82) is 0 Å². The number of nitrogens with zero attached hydrogens (tertiary/aromatic N) is 4. The number of hydrogen-bond donors (Lipinski definition) is 1. The van der Waals surface area contributed by atoms with Gasteiger partial charge in [-0.3, -0.25) is 14.6 Å². The molecule has 150 valence electrons. The van der Waals surface area contributed by atoms with Gasteiger partial charge >= 0.3 is 0 Å². The van der Waals surface area contributed by atoms with Gasteiger partial charge in [-0.05, 0) is 24.3 Å². The molecule has 29 heavy (non-hydrogen) atoms. The lowest BCUT2D eigenvalue weighted by Crippen LogP contribution is -2.51. The number of benzene rings is 2. The third-order valence-electron chi connectivity index (χ3n) is 5.27. The average molecular weight is 395 g/mol. The van der Waals surface area contributed by atoms with Gasteiger partial charge in [0.1, 0.15) is 17.6 Å². The summed E-state index contributed by atoms with van der Waals surface area (Å²) in [6.07, 6.45) is 0.177. The zero-order valence-electron chi connectivity index (χ0n) is 15.9. The van der Waals surface area contributed by atoms with Crippen LogP contribution < -0.4 is 15.6 Å². The molecule has 1 unspecified atom stereocenters. The van der Waals surface area contributed by atoms with Crippen LogP contribution in [0.25, 0.3) is 0 Å². The number of amides is 2. The maximum absolute atomic E-state index is 14.0. The van der Waals surface area contributed by atoms with Gasteiger partial charge < -0.3 is 15.5 Å². The molecule has 7 nitrogen and oxygen atoms in total. The predicted octanol–water partition coefficient (Wildman–Crippen LogP) is 1.59. The van der Waals surface area contributed by atoms with Crippen LogP contribution in [0.2, 0.25) is 0 Å². The van der Waals surface area contributed by atoms with Gasteiger partial charge in [0.15, 0.2) is 0 Å². The van der Waals surface area contributed by atoms with Gasteiger partial charge in [-0.2, -0.15) is 5.10 Å². The number of carbonyl (C=O) groups excluding carboxylic acids is 2. The Morgan fingerprint density at radius 3 is 2.28 bits per heavy atom. The Kier molecular flexibility index (Phi) is 5.16. The van der Waals surface area contributed by atoms with Crippen molar-refractivity contribution in [1.82, 2.24) is 4.90 Å². The van der Waals surface area contributed by atoms with Gasteiger partial charge in [0.05, 0.1) is 11.4 Å². The van der Waals surface area contributed by atoms with Crippen molar-refractivity contribution in [2.24, 2.45) is 10.8 Å². The molecule has 2 N–H and O–H groups in total. The van der Waals surface area contributed by atoms with Gasteiger partial charge in [0.2, 0.25) is 5.91 Å². The Morgan fingerprint density at radius 1 is 0.966 bits per heavy atom. The smallest absolute Gasteiger partial charge is 0.270 e. The highest BCUT2D eigenvalue weighted by Crippen LogP contribution is 2.26. The molecule has 8 heteroatoms. The van der Waals surface area contributed by atoms with E-state index >= 15 is 0 Å². The van der Waals surface area contributed by atoms with Gasteiger partial charge in [0.25, 0.3) is 5.91 Å². The van der Waals surface area contributed by atoms with Crippen LogP contribution in [0.4, 0.5) is 15.8 Å². The Labute approximate surface area is 168 Å². The molecule has 4 rings (SSSR count). The zero-order valence-corrected chi connectivity index (χ0v) is 15.9. The Morgan fingerprint density at radius 2 is 1.62 bits per heavy atom. The van der Waals surface area contributed by atoms with Crippen LogP contribution in [0.5, 0.6) is 0 Å². The van der Waals surface area contributed by atoms with E-state index in [1.54, 1.807) is 23.1 Å². The largest absolute Gasteiger partial charge is 0.368 e. The number of anilines is 2. The predicted molar refractivity (Wildman–Crippen MR) is 109 cm³/mol. The van der Waals surface area contributed by atoms with E-state index in [1.807, 2.05) is 35.2 Å². The molecule has 2 amide bonds. The SMILES string of the molecule is NC(=O)C1CC(C(=O)N2CCN(c3ccccc3F)CC2)=NN1c1ccccc1. The van der Waals surface area contributed by atoms with Crippen molar-refractivity contribution in [3.8, 4) is 0 Å². The number of hydrazone groups is 1. The number of para-hydroxylation sites is 2. The summed E-state index contributed by atoms with van der Waals surface area (Å²) in [5, 5.41) is 5.93. The maximum Gasteiger partial charge on any atom is 0.270 e. The van der Waals surface area contributed by atoms with Crippen molar-refractivity contribution in [3.05, 3.63) is 60.4 Å². The standard InChI is InChI=1S/C21H22FN5O2/c22-16-8-4-5-9-18(16)25-10-12-26(13-11-25)21(29)17-14-19(20(23)28)27(24-17)15-6-2-1-3-7-15/h1-9,19H,10-14H2,(H2,23,28). The molecule has 0 saturated carbocycles. The molecule has 0 radical (unpaired) electrons. The van der Waals surface area contributed by atoms with Crippen molar-refractivity contribution in [2.45, 2.75) is 12.5 Å². The molecule has 2 aliphatic rings. The highest BCUT2D eigenvalue weighted by atomic mass is 19.1. The number of halogens is 1. The van der Waals surface area contributed by atoms with E-state index in [2.05, 4.69) is 5.10 Å². The summed E-state index contributed by atoms with van der Waals surface area (Å²) in [5.74, 6) is -0.997. The molecular weight excluding hydrogens is 373 g/mol. The molecule has 2 heterocycles. The van der Waals surface area contributed by atoms with Crippen LogP contribution in [0.15, 0.2) is 59.7 Å². The number of carbonyl (C=O) groups is 2. The molecule has 2 aliphatic heterocycles. The molecule has 2 aromatic carbocycles. The first-order valence-electron chi connectivity index (χ1n) is 9.54. The first kappa shape index (κ1) is 18.9. The molecular formula is C21H22FN5O2. The van der Waals surface area contributed by atoms with Crippen molar-refractivity contribution >= 4 is 28.9 Å². The summed E-state index contributed by atoms with van der Waals surface area (Å²) in [5.41, 5.74) is 7.11. The normalized spacial score (nSPS) is 19.3. The summed E-state index contributed by atoms with van der Waals surface area (Å²) in [7, 11) is 0. The molecule has 0 spiro atoms. The number of hydrogen-bond acceptors (Lipinski definition) is 5. The monoisotopic (exact) mass is 395 g/mol. The second-order valence-electron chi connectivity index (χ2n) is 7.08. The Hall–Kier alpha value is -3.42. The van der Waals surface area contributed by atoms with E-state index in [4.69, 9.17) is 5.73 Å². The van der Waals surface area contributed by atoms with Crippen LogP contribution in [-0.2, 0) is 9.59 Å². The third-order valence-corrected chi connectivity index (χ3v) is 5.27. The highest BCUT2D eigenvalue weighted by molar-refractivity contribution is 6.40. The highest BCUT2D eigenvalue weighted by Gasteiger charge is 2.37. The molecule has 0 bridgehead atoms. The minimum Gasteiger partial charge on any atom is -0.368 e. The van der Waals surface area contributed by atoms with E-state index in [1.165, 1.54) is 11.1 Å². The molecule has 2 aromatic rings. The molecule has 0 aliphatic carbocycles. The fourth-order valence-corrected chi connectivity index (χ4v) is 3.72. The van der Waals surface area contributed by atoms with E-state index in [0.29, 0.717) is 43.3 Å². The number of rotatable bonds is 4. The third kappa shape index (κ3) is 3.78. The lowest BCUT2D eigenvalue weighted by molar-refractivity contribution is -0.124. The second kappa shape index (κ2) is 7.90. The van der Waals surface area contributed by atoms with Crippen LogP contribution in [-0.4, -0.2) is 54.6 Å². The summed E-state index contributed by atoms with van der Waals surface area (Å²) in [4.78, 5) is 28.5. The molecule has 0 aromatic heterocycles. The van der Waals surface area contributed by atoms with Crippen LogP contribution in [0.3, 0.4) is 0 Å². The number of nitrogens with two attached hydrogens (primary N) is 1. The van der Waals surface area contributed by atoms with Crippen molar-refractivity contribution in [2.75, 3.05) is 36.1 Å². The number of piperazine rings is 1. The van der Waals surface area contributed by atoms with Gasteiger partial charge in [-0.25, -0.2) is 4.39 Å². The lowest BCUT2D eigenvalue weighted by atomic mass is 10.1. The minimum atomic E-state index is -0.684. The summed E-state index contributed by atoms with van der Waals surface area (Å²) >= 11 is 0. The van der Waals surface area contributed by atoms with Crippen LogP contribution in [0.1, 0.15) is 6.42 Å². The molecule has 1 atom stereocenters. The van der Waals surface area contributed by atoms with Gasteiger partial charge in [0, 0.05) is 32.6 Å². The quantitative estimate of drug-likeness (QED) is 0.853. The van der Waals surface area contributed by atoms with E-state index in [-0.39, 0.29) is 18.1 Å². The zero-order chi connectivity index (χ0) is 20.4. The number of primary amides is 1. The minimum absolute atomic E-state index is 0.177. The van der Waals surface area contributed by atoms with E-state index in [9.17, 15) is 14.0 Å². The Bertz CT molecular complexity index is 941. The fourth-order valence-electron chi connectivity index (χ4n) is 3.72. The fraction of sp³-hybridized carbons (Fsp3) is 0.286. The van der Waals surface area contributed by atoms with E-state index in [0.717, 1.165) is 0 Å². The van der Waals surface area contributed by atoms with Crippen molar-refractivity contribution < 1.29 is 14.0 Å². The van der Waals surface area contributed by atoms with Crippen molar-refractivity contribution in [3.63, 3.8) is 0 Å². The average Bonchev–Trinajstić information content (AvgIpc) is 3.20. The van der Waals surface area contributed by atoms with Gasteiger partial charge in [-0.15, -0.1) is 0 Å². The lowest BCUT2D eigenvalue weighted by Gasteiger charge is -2.36. The topological polar surface area (TPSA) is 82.2 Å². The Balaban J connectivity index is 1.46. The summed E-state index contributed by atoms with van der Waals surface area (Å²) in [6, 6.07) is 15.1. The van der Waals surface area contributed by atoms with Crippen LogP contribution >= 0.6 is 0 Å². The van der Waals surface area contributed by atoms with Gasteiger partial charge in [-0.1, -0.05) is 30.3 Å². The van der Waals surface area contributed by atoms with E-state index < -0.39 is 11.9 Å². The maximum atomic E-state index is 14.0. The molecule has 1 fully saturated rings. The first-order chi connectivity index (χ1) is 14.0. The molecule has 1 saturated heterocycles. The second-order valence-corrected chi connectivity index (χ2v) is 7.08. The van der Waals surface area contributed by atoms with Crippen LogP contribution in [0, 0.1) is 5.82 Å². The first-order valence-corrected chi connectivity index (χ1v) is 9.54.